The molecule has 34 heavy (non-hydrogen) atoms. The first-order valence-electron chi connectivity index (χ1n) is 11.1. The van der Waals surface area contributed by atoms with E-state index in [-0.39, 0.29) is 11.8 Å². The van der Waals surface area contributed by atoms with Crippen LogP contribution in [-0.2, 0) is 9.53 Å². The molecule has 0 aliphatic carbocycles. The molecule has 4 aromatic rings. The number of rotatable bonds is 6. The van der Waals surface area contributed by atoms with Gasteiger partial charge in [-0.25, -0.2) is 4.98 Å². The van der Waals surface area contributed by atoms with Crippen LogP contribution >= 0.6 is 0 Å². The predicted octanol–water partition coefficient (Wildman–Crippen LogP) is 4.51. The minimum absolute atomic E-state index is 0.194. The second kappa shape index (κ2) is 9.68. The number of aromatic amines is 1. The fourth-order valence-corrected chi connectivity index (χ4v) is 3.84. The van der Waals surface area contributed by atoms with Crippen LogP contribution in [0.1, 0.15) is 23.2 Å². The maximum atomic E-state index is 13.0. The number of aromatic nitrogens is 3. The summed E-state index contributed by atoms with van der Waals surface area (Å²) in [5.74, 6) is 0.627. The number of nitrogens with one attached hydrogen (secondary N) is 3. The van der Waals surface area contributed by atoms with Crippen LogP contribution < -0.4 is 10.6 Å². The molecule has 1 atom stereocenters. The van der Waals surface area contributed by atoms with Crippen molar-refractivity contribution in [3.63, 3.8) is 0 Å². The molecule has 8 nitrogen and oxygen atoms in total. The molecule has 3 aromatic carbocycles. The number of nitrogens with zero attached hydrogens (tertiary/aromatic N) is 2. The molecular weight excluding hydrogens is 430 g/mol. The summed E-state index contributed by atoms with van der Waals surface area (Å²) in [6.45, 7) is 0.595. The lowest BCUT2D eigenvalue weighted by molar-refractivity contribution is -0.124. The number of H-pyrrole nitrogens is 1. The molecule has 1 fully saturated rings. The highest BCUT2D eigenvalue weighted by molar-refractivity contribution is 6.07. The standard InChI is InChI=1S/C26H23N5O3/c32-25(18-10-6-11-19(16-18)27-26(33)22-14-7-15-34-22)28-21-13-5-4-12-20(21)24-29-23(30-31-24)17-8-2-1-3-9-17/h1-6,8-13,16,22H,7,14-15H2,(H,27,33)(H,28,32)(H,29,30,31). The zero-order valence-corrected chi connectivity index (χ0v) is 18.3. The first-order chi connectivity index (χ1) is 16.7. The van der Waals surface area contributed by atoms with E-state index in [4.69, 9.17) is 4.74 Å². The molecule has 2 heterocycles. The summed E-state index contributed by atoms with van der Waals surface area (Å²) in [5.41, 5.74) is 3.17. The van der Waals surface area contributed by atoms with E-state index >= 15 is 0 Å². The van der Waals surface area contributed by atoms with Gasteiger partial charge >= 0.3 is 0 Å². The monoisotopic (exact) mass is 453 g/mol. The Morgan fingerprint density at radius 2 is 1.76 bits per heavy atom. The van der Waals surface area contributed by atoms with Crippen molar-refractivity contribution in [3.8, 4) is 22.8 Å². The smallest absolute Gasteiger partial charge is 0.255 e. The van der Waals surface area contributed by atoms with Crippen LogP contribution in [0.25, 0.3) is 22.8 Å². The fourth-order valence-electron chi connectivity index (χ4n) is 3.84. The van der Waals surface area contributed by atoms with Crippen molar-refractivity contribution in [2.24, 2.45) is 0 Å². The summed E-state index contributed by atoms with van der Waals surface area (Å²) in [6.07, 6.45) is 1.14. The molecule has 0 spiro atoms. The van der Waals surface area contributed by atoms with Crippen LogP contribution in [0, 0.1) is 0 Å². The third-order valence-electron chi connectivity index (χ3n) is 5.56. The summed E-state index contributed by atoms with van der Waals surface area (Å²) >= 11 is 0. The van der Waals surface area contributed by atoms with E-state index in [1.165, 1.54) is 0 Å². The van der Waals surface area contributed by atoms with E-state index < -0.39 is 6.10 Å². The lowest BCUT2D eigenvalue weighted by Crippen LogP contribution is -2.27. The summed E-state index contributed by atoms with van der Waals surface area (Å²) in [4.78, 5) is 30.0. The number of carbonyl (C=O) groups is 2. The molecule has 2 amide bonds. The average Bonchev–Trinajstić information content (AvgIpc) is 3.58. The van der Waals surface area contributed by atoms with E-state index in [1.807, 2.05) is 48.5 Å². The summed E-state index contributed by atoms with van der Waals surface area (Å²) in [6, 6.07) is 23.9. The van der Waals surface area contributed by atoms with Gasteiger partial charge in [0.05, 0.1) is 5.69 Å². The van der Waals surface area contributed by atoms with Crippen molar-refractivity contribution in [2.45, 2.75) is 18.9 Å². The third-order valence-corrected chi connectivity index (χ3v) is 5.56. The Morgan fingerprint density at radius 1 is 0.941 bits per heavy atom. The summed E-state index contributed by atoms with van der Waals surface area (Å²) in [5, 5.41) is 13.1. The highest BCUT2D eigenvalue weighted by atomic mass is 16.5. The normalized spacial score (nSPS) is 15.1. The number of anilines is 2. The molecule has 1 aliphatic heterocycles. The van der Waals surface area contributed by atoms with E-state index in [9.17, 15) is 9.59 Å². The number of carbonyl (C=O) groups excluding carboxylic acids is 2. The SMILES string of the molecule is O=C(Nc1ccccc1-c1nc(-c2ccccc2)n[nH]1)c1cccc(NC(=O)C2CCCO2)c1. The van der Waals surface area contributed by atoms with E-state index in [0.717, 1.165) is 12.0 Å². The Hall–Kier alpha value is -4.30. The number of para-hydroxylation sites is 1. The number of hydrogen-bond acceptors (Lipinski definition) is 5. The van der Waals surface area contributed by atoms with Gasteiger partial charge in [-0.1, -0.05) is 48.5 Å². The van der Waals surface area contributed by atoms with Gasteiger partial charge in [-0.15, -0.1) is 0 Å². The average molecular weight is 454 g/mol. The topological polar surface area (TPSA) is 109 Å². The second-order valence-electron chi connectivity index (χ2n) is 7.95. The highest BCUT2D eigenvalue weighted by Crippen LogP contribution is 2.27. The van der Waals surface area contributed by atoms with Crippen LogP contribution in [0.15, 0.2) is 78.9 Å². The van der Waals surface area contributed by atoms with E-state index in [1.54, 1.807) is 30.3 Å². The van der Waals surface area contributed by atoms with Crippen molar-refractivity contribution in [2.75, 3.05) is 17.2 Å². The Labute approximate surface area is 196 Å². The first-order valence-corrected chi connectivity index (χ1v) is 11.1. The van der Waals surface area contributed by atoms with E-state index in [2.05, 4.69) is 25.8 Å². The van der Waals surface area contributed by atoms with Gasteiger partial charge < -0.3 is 15.4 Å². The van der Waals surface area contributed by atoms with Gasteiger partial charge in [-0.05, 0) is 43.2 Å². The number of ether oxygens (including phenoxy) is 1. The minimum atomic E-state index is -0.438. The molecule has 0 saturated carbocycles. The maximum Gasteiger partial charge on any atom is 0.255 e. The van der Waals surface area contributed by atoms with Crippen molar-refractivity contribution >= 4 is 23.2 Å². The molecule has 3 N–H and O–H groups in total. The Balaban J connectivity index is 1.33. The molecule has 1 aliphatic rings. The van der Waals surface area contributed by atoms with Crippen LogP contribution in [0.5, 0.6) is 0 Å². The van der Waals surface area contributed by atoms with Crippen molar-refractivity contribution < 1.29 is 14.3 Å². The maximum absolute atomic E-state index is 13.0. The Kier molecular flexibility index (Phi) is 6.13. The predicted molar refractivity (Wildman–Crippen MR) is 129 cm³/mol. The first kappa shape index (κ1) is 21.5. The zero-order valence-electron chi connectivity index (χ0n) is 18.3. The summed E-state index contributed by atoms with van der Waals surface area (Å²) in [7, 11) is 0. The number of benzene rings is 3. The molecular formula is C26H23N5O3. The lowest BCUT2D eigenvalue weighted by atomic mass is 10.1. The number of hydrogen-bond donors (Lipinski definition) is 3. The van der Waals surface area contributed by atoms with Gasteiger partial charge in [0.1, 0.15) is 6.10 Å². The zero-order chi connectivity index (χ0) is 23.3. The number of amides is 2. The Bertz CT molecular complexity index is 1310. The van der Waals surface area contributed by atoms with Crippen molar-refractivity contribution in [1.29, 1.82) is 0 Å². The molecule has 0 radical (unpaired) electrons. The second-order valence-corrected chi connectivity index (χ2v) is 7.95. The van der Waals surface area contributed by atoms with Gasteiger partial charge in [0.2, 0.25) is 0 Å². The highest BCUT2D eigenvalue weighted by Gasteiger charge is 2.23. The molecule has 1 unspecified atom stereocenters. The molecule has 1 aromatic heterocycles. The Morgan fingerprint density at radius 3 is 2.59 bits per heavy atom. The van der Waals surface area contributed by atoms with Crippen molar-refractivity contribution in [3.05, 3.63) is 84.4 Å². The quantitative estimate of drug-likeness (QED) is 0.398. The van der Waals surface area contributed by atoms with Crippen LogP contribution in [0.4, 0.5) is 11.4 Å². The van der Waals surface area contributed by atoms with Gasteiger partial charge in [-0.2, -0.15) is 5.10 Å². The van der Waals surface area contributed by atoms with E-state index in [0.29, 0.717) is 47.2 Å². The van der Waals surface area contributed by atoms with Crippen LogP contribution in [0.3, 0.4) is 0 Å². The van der Waals surface area contributed by atoms with Gasteiger partial charge in [0.15, 0.2) is 11.6 Å². The molecule has 0 bridgehead atoms. The molecule has 8 heteroatoms. The lowest BCUT2D eigenvalue weighted by Gasteiger charge is -2.12. The fraction of sp³-hybridized carbons (Fsp3) is 0.154. The summed E-state index contributed by atoms with van der Waals surface area (Å²) < 4.78 is 5.42. The molecule has 170 valence electrons. The van der Waals surface area contributed by atoms with Crippen LogP contribution in [-0.4, -0.2) is 39.7 Å². The van der Waals surface area contributed by atoms with Gasteiger partial charge in [0, 0.05) is 29.0 Å². The minimum Gasteiger partial charge on any atom is -0.368 e. The largest absolute Gasteiger partial charge is 0.368 e. The molecule has 1 saturated heterocycles. The van der Waals surface area contributed by atoms with Gasteiger partial charge in [-0.3, -0.25) is 14.7 Å². The van der Waals surface area contributed by atoms with Crippen LogP contribution in [0.2, 0.25) is 0 Å². The molecule has 5 rings (SSSR count). The third kappa shape index (κ3) is 4.72. The van der Waals surface area contributed by atoms with Crippen molar-refractivity contribution in [1.82, 2.24) is 15.2 Å². The van der Waals surface area contributed by atoms with Gasteiger partial charge in [0.25, 0.3) is 11.8 Å².